The Morgan fingerprint density at radius 2 is 2.26 bits per heavy atom. The molecule has 1 aromatic rings. The summed E-state index contributed by atoms with van der Waals surface area (Å²) in [5.74, 6) is 1.33. The Morgan fingerprint density at radius 3 is 2.95 bits per heavy atom. The molecule has 1 aliphatic rings. The summed E-state index contributed by atoms with van der Waals surface area (Å²) in [6, 6.07) is 4.77. The fourth-order valence-corrected chi connectivity index (χ4v) is 3.07. The molecule has 0 heterocycles. The van der Waals surface area contributed by atoms with Gasteiger partial charge in [-0.1, -0.05) is 37.4 Å². The number of nitrogens with zero attached hydrogens (tertiary/aromatic N) is 1. The summed E-state index contributed by atoms with van der Waals surface area (Å²) >= 11 is 6.05. The predicted octanol–water partition coefficient (Wildman–Crippen LogP) is 4.49. The van der Waals surface area contributed by atoms with E-state index in [0.717, 1.165) is 12.5 Å². The van der Waals surface area contributed by atoms with Crippen molar-refractivity contribution in [1.82, 2.24) is 0 Å². The third-order valence-electron chi connectivity index (χ3n) is 3.80. The van der Waals surface area contributed by atoms with Crippen LogP contribution in [0.15, 0.2) is 18.2 Å². The van der Waals surface area contributed by atoms with E-state index in [2.05, 4.69) is 12.2 Å². The maximum absolute atomic E-state index is 11.0. The Bertz CT molecular complexity index is 465. The minimum atomic E-state index is -0.391. The number of rotatable bonds is 4. The lowest BCUT2D eigenvalue weighted by molar-refractivity contribution is -0.383. The second-order valence-corrected chi connectivity index (χ2v) is 5.82. The van der Waals surface area contributed by atoms with Gasteiger partial charge in [0, 0.05) is 12.6 Å². The van der Waals surface area contributed by atoms with Crippen LogP contribution in [-0.2, 0) is 0 Å². The van der Waals surface area contributed by atoms with Crippen molar-refractivity contribution in [2.24, 2.45) is 11.8 Å². The average molecular weight is 283 g/mol. The lowest BCUT2D eigenvalue weighted by Crippen LogP contribution is -2.21. The monoisotopic (exact) mass is 282 g/mol. The van der Waals surface area contributed by atoms with Gasteiger partial charge in [0.15, 0.2) is 0 Å². The minimum absolute atomic E-state index is 0.0522. The molecule has 0 bridgehead atoms. The first-order valence-electron chi connectivity index (χ1n) is 6.74. The summed E-state index contributed by atoms with van der Waals surface area (Å²) in [4.78, 5) is 10.6. The van der Waals surface area contributed by atoms with E-state index >= 15 is 0 Å². The van der Waals surface area contributed by atoms with Crippen LogP contribution in [-0.4, -0.2) is 11.5 Å². The van der Waals surface area contributed by atoms with Crippen LogP contribution in [0.3, 0.4) is 0 Å². The van der Waals surface area contributed by atoms with Crippen molar-refractivity contribution in [2.75, 3.05) is 11.9 Å². The number of para-hydroxylation sites is 1. The highest BCUT2D eigenvalue weighted by molar-refractivity contribution is 6.33. The molecular formula is C14H19ClN2O2. The van der Waals surface area contributed by atoms with Gasteiger partial charge in [-0.15, -0.1) is 0 Å². The normalized spacial score (nSPS) is 23.1. The van der Waals surface area contributed by atoms with Crippen molar-refractivity contribution in [3.8, 4) is 0 Å². The summed E-state index contributed by atoms with van der Waals surface area (Å²) in [5.41, 5.74) is 0.503. The molecule has 2 atom stereocenters. The molecule has 0 saturated heterocycles. The molecule has 0 aromatic heterocycles. The molecule has 1 saturated carbocycles. The molecule has 1 N–H and O–H groups in total. The van der Waals surface area contributed by atoms with E-state index in [1.807, 2.05) is 0 Å². The van der Waals surface area contributed by atoms with Crippen molar-refractivity contribution >= 4 is 23.0 Å². The number of hydrogen-bond acceptors (Lipinski definition) is 3. The predicted molar refractivity (Wildman–Crippen MR) is 77.7 cm³/mol. The Morgan fingerprint density at radius 1 is 1.47 bits per heavy atom. The summed E-state index contributed by atoms with van der Waals surface area (Å²) < 4.78 is 0. The van der Waals surface area contributed by atoms with Gasteiger partial charge in [-0.25, -0.2) is 0 Å². The standard InChI is InChI=1S/C14H19ClN2O2/c1-10-4-2-5-11(8-10)9-16-14-12(15)6-3-7-13(14)17(18)19/h3,6-7,10-11,16H,2,4-5,8-9H2,1H3. The molecular weight excluding hydrogens is 264 g/mol. The van der Waals surface area contributed by atoms with Gasteiger partial charge >= 0.3 is 0 Å². The fourth-order valence-electron chi connectivity index (χ4n) is 2.83. The van der Waals surface area contributed by atoms with Gasteiger partial charge in [0.2, 0.25) is 0 Å². The number of nitro benzene ring substituents is 1. The zero-order chi connectivity index (χ0) is 13.8. The number of nitrogens with one attached hydrogen (secondary N) is 1. The molecule has 4 nitrogen and oxygen atoms in total. The second-order valence-electron chi connectivity index (χ2n) is 5.41. The van der Waals surface area contributed by atoms with Gasteiger partial charge in [0.25, 0.3) is 5.69 Å². The lowest BCUT2D eigenvalue weighted by Gasteiger charge is -2.27. The highest BCUT2D eigenvalue weighted by atomic mass is 35.5. The average Bonchev–Trinajstić information content (AvgIpc) is 2.37. The van der Waals surface area contributed by atoms with E-state index < -0.39 is 4.92 Å². The van der Waals surface area contributed by atoms with Gasteiger partial charge < -0.3 is 5.32 Å². The molecule has 5 heteroatoms. The van der Waals surface area contributed by atoms with Gasteiger partial charge in [-0.3, -0.25) is 10.1 Å². The third kappa shape index (κ3) is 3.60. The van der Waals surface area contributed by atoms with E-state index in [9.17, 15) is 10.1 Å². The molecule has 104 valence electrons. The zero-order valence-electron chi connectivity index (χ0n) is 11.1. The smallest absolute Gasteiger partial charge is 0.293 e. The first-order valence-corrected chi connectivity index (χ1v) is 7.12. The lowest BCUT2D eigenvalue weighted by atomic mass is 9.82. The first kappa shape index (κ1) is 14.1. The maximum Gasteiger partial charge on any atom is 0.293 e. The van der Waals surface area contributed by atoms with Gasteiger partial charge in [0.1, 0.15) is 5.69 Å². The molecule has 1 fully saturated rings. The molecule has 2 unspecified atom stereocenters. The highest BCUT2D eigenvalue weighted by Gasteiger charge is 2.21. The topological polar surface area (TPSA) is 55.2 Å². The van der Waals surface area contributed by atoms with E-state index in [-0.39, 0.29) is 5.69 Å². The summed E-state index contributed by atoms with van der Waals surface area (Å²) in [6.07, 6.45) is 4.92. The quantitative estimate of drug-likeness (QED) is 0.654. The Kier molecular flexibility index (Phi) is 4.64. The number of halogens is 1. The van der Waals surface area contributed by atoms with Crippen LogP contribution in [0.4, 0.5) is 11.4 Å². The van der Waals surface area contributed by atoms with Crippen molar-refractivity contribution < 1.29 is 4.92 Å². The van der Waals surface area contributed by atoms with E-state index in [0.29, 0.717) is 16.6 Å². The number of benzene rings is 1. The fraction of sp³-hybridized carbons (Fsp3) is 0.571. The van der Waals surface area contributed by atoms with Crippen LogP contribution in [0, 0.1) is 22.0 Å². The van der Waals surface area contributed by atoms with Crippen LogP contribution in [0.5, 0.6) is 0 Å². The zero-order valence-corrected chi connectivity index (χ0v) is 11.8. The Hall–Kier alpha value is -1.29. The van der Waals surface area contributed by atoms with Crippen molar-refractivity contribution in [3.05, 3.63) is 33.3 Å². The van der Waals surface area contributed by atoms with Gasteiger partial charge in [-0.05, 0) is 30.7 Å². The molecule has 0 aliphatic heterocycles. The molecule has 0 spiro atoms. The molecule has 0 amide bonds. The largest absolute Gasteiger partial charge is 0.378 e. The minimum Gasteiger partial charge on any atom is -0.378 e. The second kappa shape index (κ2) is 6.24. The van der Waals surface area contributed by atoms with Crippen LogP contribution < -0.4 is 5.32 Å². The number of nitro groups is 1. The van der Waals surface area contributed by atoms with Crippen LogP contribution >= 0.6 is 11.6 Å². The first-order chi connectivity index (χ1) is 9.08. The van der Waals surface area contributed by atoms with Crippen molar-refractivity contribution in [3.63, 3.8) is 0 Å². The Balaban J connectivity index is 2.04. The van der Waals surface area contributed by atoms with E-state index in [1.165, 1.54) is 31.7 Å². The van der Waals surface area contributed by atoms with E-state index in [4.69, 9.17) is 11.6 Å². The summed E-state index contributed by atoms with van der Waals surface area (Å²) in [6.45, 7) is 3.03. The molecule has 1 aliphatic carbocycles. The highest BCUT2D eigenvalue weighted by Crippen LogP contribution is 2.34. The van der Waals surface area contributed by atoms with Gasteiger partial charge in [-0.2, -0.15) is 0 Å². The summed E-state index contributed by atoms with van der Waals surface area (Å²) in [7, 11) is 0. The van der Waals surface area contributed by atoms with E-state index in [1.54, 1.807) is 12.1 Å². The molecule has 0 radical (unpaired) electrons. The van der Waals surface area contributed by atoms with Gasteiger partial charge in [0.05, 0.1) is 9.95 Å². The number of anilines is 1. The van der Waals surface area contributed by atoms with Crippen molar-refractivity contribution in [2.45, 2.75) is 32.6 Å². The molecule has 2 rings (SSSR count). The molecule has 1 aromatic carbocycles. The third-order valence-corrected chi connectivity index (χ3v) is 4.12. The van der Waals surface area contributed by atoms with Crippen LogP contribution in [0.25, 0.3) is 0 Å². The number of hydrogen-bond donors (Lipinski definition) is 1. The van der Waals surface area contributed by atoms with Crippen LogP contribution in [0.1, 0.15) is 32.6 Å². The maximum atomic E-state index is 11.0. The van der Waals surface area contributed by atoms with Crippen molar-refractivity contribution in [1.29, 1.82) is 0 Å². The van der Waals surface area contributed by atoms with Crippen LogP contribution in [0.2, 0.25) is 5.02 Å². The molecule has 19 heavy (non-hydrogen) atoms. The summed E-state index contributed by atoms with van der Waals surface area (Å²) in [5, 5.41) is 14.6. The SMILES string of the molecule is CC1CCCC(CNc2c(Cl)cccc2[N+](=O)[O-])C1. The Labute approximate surface area is 118 Å².